The zero-order valence-corrected chi connectivity index (χ0v) is 13.1. The summed E-state index contributed by atoms with van der Waals surface area (Å²) in [6, 6.07) is 3.92. The predicted molar refractivity (Wildman–Crippen MR) is 82.2 cm³/mol. The van der Waals surface area contributed by atoms with Crippen LogP contribution >= 0.6 is 0 Å². The average Bonchev–Trinajstić information content (AvgIpc) is 2.36. The fraction of sp³-hybridized carbons (Fsp3) is 0.529. The van der Waals surface area contributed by atoms with Crippen LogP contribution in [-0.2, 0) is 6.18 Å². The van der Waals surface area contributed by atoms with E-state index in [9.17, 15) is 13.2 Å². The molecule has 1 nitrogen and oxygen atoms in total. The minimum absolute atomic E-state index is 0.588. The molecule has 0 aliphatic heterocycles. The highest BCUT2D eigenvalue weighted by molar-refractivity contribution is 5.66. The van der Waals surface area contributed by atoms with Gasteiger partial charge in [0.1, 0.15) is 0 Å². The number of hydrogen-bond acceptors (Lipinski definition) is 1. The number of rotatable bonds is 6. The van der Waals surface area contributed by atoms with Crippen molar-refractivity contribution < 1.29 is 13.2 Å². The van der Waals surface area contributed by atoms with E-state index in [-0.39, 0.29) is 0 Å². The van der Waals surface area contributed by atoms with Gasteiger partial charge in [0.05, 0.1) is 5.56 Å². The van der Waals surface area contributed by atoms with E-state index in [0.29, 0.717) is 11.5 Å². The van der Waals surface area contributed by atoms with Gasteiger partial charge in [0.2, 0.25) is 0 Å². The smallest absolute Gasteiger partial charge is 0.316 e. The number of benzene rings is 1. The van der Waals surface area contributed by atoms with Crippen LogP contribution in [0.5, 0.6) is 0 Å². The van der Waals surface area contributed by atoms with Gasteiger partial charge in [-0.05, 0) is 68.1 Å². The molecule has 0 amide bonds. The Hall–Kier alpha value is -1.29. The third kappa shape index (κ3) is 5.92. The lowest BCUT2D eigenvalue weighted by molar-refractivity contribution is -0.137. The number of aryl methyl sites for hydroxylation is 1. The molecule has 0 saturated heterocycles. The first-order valence-corrected chi connectivity index (χ1v) is 7.27. The lowest BCUT2D eigenvalue weighted by Gasteiger charge is -2.12. The summed E-state index contributed by atoms with van der Waals surface area (Å²) < 4.78 is 37.9. The first kappa shape index (κ1) is 17.8. The fourth-order valence-corrected chi connectivity index (χ4v) is 2.17. The Morgan fingerprint density at radius 2 is 1.95 bits per heavy atom. The molecular formula is C17H24F3N. The molecule has 0 spiro atoms. The third-order valence-electron chi connectivity index (χ3n) is 3.30. The van der Waals surface area contributed by atoms with Crippen LogP contribution in [0.2, 0.25) is 0 Å². The maximum atomic E-state index is 12.6. The van der Waals surface area contributed by atoms with Crippen LogP contribution in [0.1, 0.15) is 43.9 Å². The maximum Gasteiger partial charge on any atom is 0.416 e. The molecule has 0 aliphatic carbocycles. The van der Waals surface area contributed by atoms with E-state index in [1.165, 1.54) is 6.07 Å². The summed E-state index contributed by atoms with van der Waals surface area (Å²) in [5, 5.41) is 3.34. The quantitative estimate of drug-likeness (QED) is 0.725. The van der Waals surface area contributed by atoms with Gasteiger partial charge in [-0.3, -0.25) is 0 Å². The number of allylic oxidation sites excluding steroid dienone is 1. The Labute approximate surface area is 125 Å². The van der Waals surface area contributed by atoms with Gasteiger partial charge in [-0.2, -0.15) is 13.2 Å². The Morgan fingerprint density at radius 3 is 2.48 bits per heavy atom. The van der Waals surface area contributed by atoms with E-state index in [4.69, 9.17) is 0 Å². The molecule has 0 fully saturated rings. The zero-order chi connectivity index (χ0) is 16.0. The largest absolute Gasteiger partial charge is 0.416 e. The molecule has 0 atom stereocenters. The summed E-state index contributed by atoms with van der Waals surface area (Å²) >= 11 is 0. The van der Waals surface area contributed by atoms with Crippen molar-refractivity contribution in [2.75, 3.05) is 13.1 Å². The van der Waals surface area contributed by atoms with Gasteiger partial charge >= 0.3 is 6.18 Å². The highest BCUT2D eigenvalue weighted by atomic mass is 19.4. The summed E-state index contributed by atoms with van der Waals surface area (Å²) in [7, 11) is 0. The molecule has 0 aromatic heterocycles. The number of hydrogen-bond donors (Lipinski definition) is 1. The van der Waals surface area contributed by atoms with Gasteiger partial charge in [-0.25, -0.2) is 0 Å². The minimum Gasteiger partial charge on any atom is -0.316 e. The number of alkyl halides is 3. The Bertz CT molecular complexity index is 487. The van der Waals surface area contributed by atoms with E-state index in [1.54, 1.807) is 13.0 Å². The highest BCUT2D eigenvalue weighted by Crippen LogP contribution is 2.31. The van der Waals surface area contributed by atoms with Crippen LogP contribution in [0.4, 0.5) is 13.2 Å². The molecular weight excluding hydrogens is 275 g/mol. The molecule has 0 heterocycles. The van der Waals surface area contributed by atoms with Crippen molar-refractivity contribution in [3.63, 3.8) is 0 Å². The molecule has 1 aromatic carbocycles. The Balaban J connectivity index is 2.68. The molecule has 0 radical (unpaired) electrons. The maximum absolute atomic E-state index is 12.6. The molecule has 0 unspecified atom stereocenters. The van der Waals surface area contributed by atoms with E-state index in [2.05, 4.69) is 25.2 Å². The molecule has 118 valence electrons. The summed E-state index contributed by atoms with van der Waals surface area (Å²) in [4.78, 5) is 0. The van der Waals surface area contributed by atoms with Gasteiger partial charge in [0.25, 0.3) is 0 Å². The summed E-state index contributed by atoms with van der Waals surface area (Å²) in [6.07, 6.45) is -1.33. The molecule has 1 rings (SSSR count). The molecule has 0 aliphatic rings. The van der Waals surface area contributed by atoms with E-state index in [1.807, 2.05) is 6.92 Å². The van der Waals surface area contributed by atoms with Crippen molar-refractivity contribution in [1.29, 1.82) is 0 Å². The monoisotopic (exact) mass is 299 g/mol. The first-order chi connectivity index (χ1) is 9.71. The van der Waals surface area contributed by atoms with E-state index >= 15 is 0 Å². The second-order valence-electron chi connectivity index (χ2n) is 5.80. The summed E-state index contributed by atoms with van der Waals surface area (Å²) in [5.74, 6) is 0.618. The molecule has 0 saturated carbocycles. The second-order valence-corrected chi connectivity index (χ2v) is 5.80. The van der Waals surface area contributed by atoms with E-state index < -0.39 is 11.7 Å². The summed E-state index contributed by atoms with van der Waals surface area (Å²) in [5.41, 5.74) is 1.98. The molecule has 1 N–H and O–H groups in total. The van der Waals surface area contributed by atoms with Gasteiger partial charge in [0, 0.05) is 0 Å². The van der Waals surface area contributed by atoms with Crippen LogP contribution in [0.3, 0.4) is 0 Å². The molecule has 0 bridgehead atoms. The second kappa shape index (κ2) is 7.64. The molecule has 21 heavy (non-hydrogen) atoms. The first-order valence-electron chi connectivity index (χ1n) is 7.27. The van der Waals surface area contributed by atoms with Crippen LogP contribution in [0, 0.1) is 12.8 Å². The Morgan fingerprint density at radius 1 is 1.29 bits per heavy atom. The van der Waals surface area contributed by atoms with Crippen molar-refractivity contribution >= 4 is 5.57 Å². The predicted octanol–water partition coefficient (Wildman–Crippen LogP) is 5.05. The van der Waals surface area contributed by atoms with Crippen molar-refractivity contribution in [2.24, 2.45) is 5.92 Å². The number of nitrogens with one attached hydrogen (secondary N) is 1. The van der Waals surface area contributed by atoms with Gasteiger partial charge in [-0.1, -0.05) is 26.0 Å². The van der Waals surface area contributed by atoms with Crippen molar-refractivity contribution in [2.45, 2.75) is 40.3 Å². The van der Waals surface area contributed by atoms with Crippen molar-refractivity contribution in [3.8, 4) is 0 Å². The normalized spacial score (nSPS) is 13.0. The van der Waals surface area contributed by atoms with Crippen molar-refractivity contribution in [1.82, 2.24) is 5.32 Å². The number of halogens is 3. The Kier molecular flexibility index (Phi) is 6.46. The minimum atomic E-state index is -4.28. The van der Waals surface area contributed by atoms with Gasteiger partial charge < -0.3 is 5.32 Å². The van der Waals surface area contributed by atoms with Crippen LogP contribution in [-0.4, -0.2) is 13.1 Å². The molecule has 1 aromatic rings. The van der Waals surface area contributed by atoms with Crippen LogP contribution < -0.4 is 5.32 Å². The lowest BCUT2D eigenvalue weighted by atomic mass is 9.98. The van der Waals surface area contributed by atoms with Crippen LogP contribution in [0.25, 0.3) is 5.57 Å². The standard InChI is InChI=1S/C17H24F3N/c1-12(2)11-21-9-5-6-13(3)16-8-7-15(10-14(16)4)17(18,19)20/h6-8,10,12,21H,5,9,11H2,1-4H3/b13-6-. The lowest BCUT2D eigenvalue weighted by Crippen LogP contribution is -2.20. The topological polar surface area (TPSA) is 12.0 Å². The van der Waals surface area contributed by atoms with E-state index in [0.717, 1.165) is 36.7 Å². The van der Waals surface area contributed by atoms with Gasteiger partial charge in [0.15, 0.2) is 0 Å². The highest BCUT2D eigenvalue weighted by Gasteiger charge is 2.30. The van der Waals surface area contributed by atoms with Crippen LogP contribution in [0.15, 0.2) is 24.3 Å². The fourth-order valence-electron chi connectivity index (χ4n) is 2.17. The zero-order valence-electron chi connectivity index (χ0n) is 13.1. The SMILES string of the molecule is C/C(=C/CCNCC(C)C)c1ccc(C(F)(F)F)cc1C. The molecule has 4 heteroatoms. The van der Waals surface area contributed by atoms with Crippen molar-refractivity contribution in [3.05, 3.63) is 41.0 Å². The average molecular weight is 299 g/mol. The third-order valence-corrected chi connectivity index (χ3v) is 3.30. The summed E-state index contributed by atoms with van der Waals surface area (Å²) in [6.45, 7) is 9.83. The van der Waals surface area contributed by atoms with Gasteiger partial charge in [-0.15, -0.1) is 0 Å².